The minimum absolute atomic E-state index is 0.268. The van der Waals surface area contributed by atoms with Crippen molar-refractivity contribution in [2.24, 2.45) is 0 Å². The number of hydrogen-bond donors (Lipinski definition) is 2. The number of thiophene rings is 1. The van der Waals surface area contributed by atoms with Crippen molar-refractivity contribution in [3.05, 3.63) is 75.4 Å². The van der Waals surface area contributed by atoms with E-state index in [2.05, 4.69) is 10.6 Å². The predicted molar refractivity (Wildman–Crippen MR) is 109 cm³/mol. The minimum Gasteiger partial charge on any atom is -0.494 e. The highest BCUT2D eigenvalue weighted by Gasteiger charge is 2.13. The number of nitrogens with one attached hydrogen (secondary N) is 2. The van der Waals surface area contributed by atoms with Crippen LogP contribution in [0.2, 0.25) is 5.02 Å². The highest BCUT2D eigenvalue weighted by atomic mass is 35.5. The van der Waals surface area contributed by atoms with Crippen LogP contribution in [0.15, 0.2) is 60.0 Å². The molecular weight excluding hydrogens is 384 g/mol. The van der Waals surface area contributed by atoms with Crippen molar-refractivity contribution in [3.8, 4) is 5.75 Å². The Labute approximate surface area is 165 Å². The molecule has 0 aliphatic carbocycles. The number of halogens is 1. The molecule has 0 atom stereocenters. The normalized spacial score (nSPS) is 10.3. The van der Waals surface area contributed by atoms with E-state index in [1.54, 1.807) is 54.6 Å². The van der Waals surface area contributed by atoms with E-state index in [1.807, 2.05) is 12.3 Å². The molecule has 3 rings (SSSR count). The average Bonchev–Trinajstić information content (AvgIpc) is 3.20. The molecule has 27 heavy (non-hydrogen) atoms. The molecule has 0 aliphatic rings. The zero-order valence-electron chi connectivity index (χ0n) is 14.5. The highest BCUT2D eigenvalue weighted by molar-refractivity contribution is 7.12. The van der Waals surface area contributed by atoms with Crippen molar-refractivity contribution in [2.75, 3.05) is 17.2 Å². The van der Waals surface area contributed by atoms with E-state index in [-0.39, 0.29) is 11.8 Å². The summed E-state index contributed by atoms with van der Waals surface area (Å²) in [6, 6.07) is 15.3. The number of carbonyl (C=O) groups excluding carboxylic acids is 2. The van der Waals surface area contributed by atoms with Gasteiger partial charge in [0.1, 0.15) is 5.75 Å². The standard InChI is InChI=1S/C20H17ClN2O3S/c1-2-26-15-8-6-14(7-9-15)22-19(24)13-5-10-16(21)17(12-13)23-20(25)18-4-3-11-27-18/h3-12H,2H2,1H3,(H,22,24)(H,23,25). The van der Waals surface area contributed by atoms with Crippen molar-refractivity contribution in [2.45, 2.75) is 6.92 Å². The van der Waals surface area contributed by atoms with E-state index in [0.717, 1.165) is 5.75 Å². The summed E-state index contributed by atoms with van der Waals surface area (Å²) in [5.74, 6) is 0.166. The first-order valence-corrected chi connectivity index (χ1v) is 9.51. The second kappa shape index (κ2) is 8.70. The van der Waals surface area contributed by atoms with Crippen molar-refractivity contribution in [1.82, 2.24) is 0 Å². The summed E-state index contributed by atoms with van der Waals surface area (Å²) in [5.41, 5.74) is 1.41. The van der Waals surface area contributed by atoms with Crippen LogP contribution in [0.3, 0.4) is 0 Å². The maximum Gasteiger partial charge on any atom is 0.265 e. The van der Waals surface area contributed by atoms with Gasteiger partial charge in [-0.25, -0.2) is 0 Å². The summed E-state index contributed by atoms with van der Waals surface area (Å²) < 4.78 is 5.38. The fourth-order valence-electron chi connectivity index (χ4n) is 2.36. The monoisotopic (exact) mass is 400 g/mol. The van der Waals surface area contributed by atoms with Crippen LogP contribution in [0.25, 0.3) is 0 Å². The maximum absolute atomic E-state index is 12.5. The molecule has 0 radical (unpaired) electrons. The van der Waals surface area contributed by atoms with Gasteiger partial charge in [0, 0.05) is 11.3 Å². The van der Waals surface area contributed by atoms with Crippen LogP contribution in [0.1, 0.15) is 27.0 Å². The molecule has 0 spiro atoms. The van der Waals surface area contributed by atoms with Crippen molar-refractivity contribution in [1.29, 1.82) is 0 Å². The Hall–Kier alpha value is -2.83. The van der Waals surface area contributed by atoms with Gasteiger partial charge in [-0.2, -0.15) is 0 Å². The summed E-state index contributed by atoms with van der Waals surface area (Å²) >= 11 is 7.49. The number of anilines is 2. The molecule has 138 valence electrons. The van der Waals surface area contributed by atoms with E-state index in [9.17, 15) is 9.59 Å². The Morgan fingerprint density at radius 3 is 2.48 bits per heavy atom. The van der Waals surface area contributed by atoms with E-state index in [0.29, 0.717) is 33.4 Å². The van der Waals surface area contributed by atoms with Crippen LogP contribution in [-0.4, -0.2) is 18.4 Å². The third-order valence-electron chi connectivity index (χ3n) is 3.64. The second-order valence-electron chi connectivity index (χ2n) is 5.54. The summed E-state index contributed by atoms with van der Waals surface area (Å²) in [7, 11) is 0. The second-order valence-corrected chi connectivity index (χ2v) is 6.89. The first-order valence-electron chi connectivity index (χ1n) is 8.25. The van der Waals surface area contributed by atoms with Gasteiger partial charge in [-0.15, -0.1) is 11.3 Å². The number of rotatable bonds is 6. The molecule has 0 bridgehead atoms. The van der Waals surface area contributed by atoms with Gasteiger partial charge in [0.15, 0.2) is 0 Å². The fourth-order valence-corrected chi connectivity index (χ4v) is 3.14. The summed E-state index contributed by atoms with van der Waals surface area (Å²) in [5, 5.41) is 7.72. The number of benzene rings is 2. The van der Waals surface area contributed by atoms with E-state index < -0.39 is 0 Å². The molecule has 1 aromatic heterocycles. The van der Waals surface area contributed by atoms with E-state index >= 15 is 0 Å². The van der Waals surface area contributed by atoms with Crippen LogP contribution in [0.5, 0.6) is 5.75 Å². The summed E-state index contributed by atoms with van der Waals surface area (Å²) in [4.78, 5) is 25.3. The Morgan fingerprint density at radius 1 is 1.04 bits per heavy atom. The van der Waals surface area contributed by atoms with Gasteiger partial charge < -0.3 is 15.4 Å². The lowest BCUT2D eigenvalue weighted by Gasteiger charge is -2.10. The lowest BCUT2D eigenvalue weighted by Crippen LogP contribution is -2.14. The number of carbonyl (C=O) groups is 2. The molecule has 0 aliphatic heterocycles. The zero-order valence-corrected chi connectivity index (χ0v) is 16.1. The molecule has 0 unspecified atom stereocenters. The Kier molecular flexibility index (Phi) is 6.11. The number of hydrogen-bond acceptors (Lipinski definition) is 4. The van der Waals surface area contributed by atoms with Gasteiger partial charge in [0.05, 0.1) is 22.2 Å². The van der Waals surface area contributed by atoms with E-state index in [4.69, 9.17) is 16.3 Å². The Bertz CT molecular complexity index is 940. The molecule has 5 nitrogen and oxygen atoms in total. The summed E-state index contributed by atoms with van der Waals surface area (Å²) in [6.45, 7) is 2.49. The largest absolute Gasteiger partial charge is 0.494 e. The van der Waals surface area contributed by atoms with Crippen LogP contribution in [0, 0.1) is 0 Å². The molecule has 0 saturated carbocycles. The lowest BCUT2D eigenvalue weighted by atomic mass is 10.1. The van der Waals surface area contributed by atoms with Crippen LogP contribution >= 0.6 is 22.9 Å². The molecule has 1 heterocycles. The molecule has 7 heteroatoms. The third-order valence-corrected chi connectivity index (χ3v) is 4.84. The lowest BCUT2D eigenvalue weighted by molar-refractivity contribution is 0.101. The van der Waals surface area contributed by atoms with Gasteiger partial charge >= 0.3 is 0 Å². The average molecular weight is 401 g/mol. The molecule has 0 fully saturated rings. The van der Waals surface area contributed by atoms with E-state index in [1.165, 1.54) is 11.3 Å². The molecule has 3 aromatic rings. The molecule has 2 amide bonds. The maximum atomic E-state index is 12.5. The van der Waals surface area contributed by atoms with Crippen LogP contribution < -0.4 is 15.4 Å². The van der Waals surface area contributed by atoms with Crippen molar-refractivity contribution < 1.29 is 14.3 Å². The zero-order chi connectivity index (χ0) is 19.2. The Morgan fingerprint density at radius 2 is 1.81 bits per heavy atom. The molecule has 2 N–H and O–H groups in total. The Balaban J connectivity index is 1.72. The number of amides is 2. The molecular formula is C20H17ClN2O3S. The quantitative estimate of drug-likeness (QED) is 0.589. The first kappa shape index (κ1) is 18.9. The topological polar surface area (TPSA) is 67.4 Å². The SMILES string of the molecule is CCOc1ccc(NC(=O)c2ccc(Cl)c(NC(=O)c3cccs3)c2)cc1. The van der Waals surface area contributed by atoms with Gasteiger partial charge in [-0.1, -0.05) is 17.7 Å². The fraction of sp³-hybridized carbons (Fsp3) is 0.100. The first-order chi connectivity index (χ1) is 13.1. The highest BCUT2D eigenvalue weighted by Crippen LogP contribution is 2.25. The van der Waals surface area contributed by atoms with Crippen molar-refractivity contribution >= 4 is 46.1 Å². The molecule has 0 saturated heterocycles. The third kappa shape index (κ3) is 4.87. The van der Waals surface area contributed by atoms with Gasteiger partial charge in [-0.05, 0) is 60.8 Å². The minimum atomic E-state index is -0.303. The smallest absolute Gasteiger partial charge is 0.265 e. The van der Waals surface area contributed by atoms with Crippen LogP contribution in [0.4, 0.5) is 11.4 Å². The number of ether oxygens (including phenoxy) is 1. The van der Waals surface area contributed by atoms with Gasteiger partial charge in [0.25, 0.3) is 11.8 Å². The molecule has 2 aromatic carbocycles. The summed E-state index contributed by atoms with van der Waals surface area (Å²) in [6.07, 6.45) is 0. The van der Waals surface area contributed by atoms with Gasteiger partial charge in [-0.3, -0.25) is 9.59 Å². The van der Waals surface area contributed by atoms with Crippen molar-refractivity contribution in [3.63, 3.8) is 0 Å². The van der Waals surface area contributed by atoms with Gasteiger partial charge in [0.2, 0.25) is 0 Å². The predicted octanol–water partition coefficient (Wildman–Crippen LogP) is 5.30. The van der Waals surface area contributed by atoms with Crippen LogP contribution in [-0.2, 0) is 0 Å².